The normalized spacial score (nSPS) is 11.6. The lowest BCUT2D eigenvalue weighted by atomic mass is 10.1. The number of aromatic nitrogens is 4. The maximum atomic E-state index is 13.1. The number of amides is 1. The molecule has 2 aromatic heterocycles. The number of unbranched alkanes of at least 4 members (excludes halogenated alkanes) is 3. The van der Waals surface area contributed by atoms with Crippen LogP contribution in [0.3, 0.4) is 0 Å². The molecule has 2 heterocycles. The van der Waals surface area contributed by atoms with E-state index in [4.69, 9.17) is 9.47 Å². The standard InChI is InChI=1S/C26H38N6O6S/c1-6-8-9-10-12-22-28-18(3)23-25(33)29-24(30-32(22)23)20-17-19(13-14-21(20)37-7-2)39(35,36)27-15-11-16-38-26(34)31(4)5/h13-14,17,27H,6-12,15-16H2,1-5H3,(H,29,30,33). The summed E-state index contributed by atoms with van der Waals surface area (Å²) >= 11 is 0. The van der Waals surface area contributed by atoms with Gasteiger partial charge in [-0.15, -0.1) is 5.10 Å². The topological polar surface area (TPSA) is 148 Å². The first kappa shape index (κ1) is 30.1. The lowest BCUT2D eigenvalue weighted by molar-refractivity contribution is 0.117. The van der Waals surface area contributed by atoms with Crippen LogP contribution in [0.2, 0.25) is 0 Å². The van der Waals surface area contributed by atoms with E-state index in [0.29, 0.717) is 47.8 Å². The summed E-state index contributed by atoms with van der Waals surface area (Å²) in [5, 5.41) is 4.66. The summed E-state index contributed by atoms with van der Waals surface area (Å²) in [4.78, 5) is 33.2. The van der Waals surface area contributed by atoms with Crippen molar-refractivity contribution in [1.29, 1.82) is 0 Å². The van der Waals surface area contributed by atoms with Crippen LogP contribution in [0.4, 0.5) is 4.79 Å². The smallest absolute Gasteiger partial charge is 0.409 e. The summed E-state index contributed by atoms with van der Waals surface area (Å²) in [6, 6.07) is 4.40. The van der Waals surface area contributed by atoms with Crippen molar-refractivity contribution < 1.29 is 22.7 Å². The first-order chi connectivity index (χ1) is 18.6. The third-order valence-electron chi connectivity index (χ3n) is 6.02. The number of fused-ring (bicyclic) bond motifs is 1. The van der Waals surface area contributed by atoms with Crippen LogP contribution < -0.4 is 15.0 Å². The van der Waals surface area contributed by atoms with Crippen molar-refractivity contribution in [3.63, 3.8) is 0 Å². The number of carbonyl (C=O) groups excluding carboxylic acids is 1. The molecule has 0 aliphatic rings. The number of H-pyrrole nitrogens is 1. The number of imidazole rings is 1. The quantitative estimate of drug-likeness (QED) is 0.285. The molecule has 12 nitrogen and oxygen atoms in total. The molecule has 0 radical (unpaired) electrons. The van der Waals surface area contributed by atoms with Gasteiger partial charge in [0.25, 0.3) is 5.56 Å². The lowest BCUT2D eigenvalue weighted by Gasteiger charge is -2.13. The first-order valence-electron chi connectivity index (χ1n) is 13.2. The molecule has 39 heavy (non-hydrogen) atoms. The molecule has 0 aliphatic carbocycles. The largest absolute Gasteiger partial charge is 0.493 e. The zero-order valence-electron chi connectivity index (χ0n) is 23.2. The minimum atomic E-state index is -3.91. The minimum Gasteiger partial charge on any atom is -0.493 e. The van der Waals surface area contributed by atoms with Crippen molar-refractivity contribution in [2.24, 2.45) is 0 Å². The first-order valence-corrected chi connectivity index (χ1v) is 14.7. The van der Waals surface area contributed by atoms with Crippen molar-refractivity contribution in [2.45, 2.75) is 64.2 Å². The van der Waals surface area contributed by atoms with Gasteiger partial charge in [-0.1, -0.05) is 26.2 Å². The molecule has 0 bridgehead atoms. The van der Waals surface area contributed by atoms with E-state index in [2.05, 4.69) is 26.7 Å². The van der Waals surface area contributed by atoms with Crippen molar-refractivity contribution in [3.8, 4) is 17.1 Å². The Morgan fingerprint density at radius 2 is 1.92 bits per heavy atom. The highest BCUT2D eigenvalue weighted by molar-refractivity contribution is 7.89. The Bertz CT molecular complexity index is 1450. The Morgan fingerprint density at radius 3 is 2.62 bits per heavy atom. The van der Waals surface area contributed by atoms with Crippen LogP contribution >= 0.6 is 0 Å². The van der Waals surface area contributed by atoms with Crippen LogP contribution in [0.15, 0.2) is 27.9 Å². The Labute approximate surface area is 228 Å². The van der Waals surface area contributed by atoms with E-state index in [-0.39, 0.29) is 29.4 Å². The molecule has 0 spiro atoms. The minimum absolute atomic E-state index is 0.0180. The number of aromatic amines is 1. The zero-order valence-corrected chi connectivity index (χ0v) is 24.1. The molecule has 0 unspecified atom stereocenters. The van der Waals surface area contributed by atoms with Crippen molar-refractivity contribution in [3.05, 3.63) is 40.1 Å². The second kappa shape index (κ2) is 13.6. The number of sulfonamides is 1. The molecule has 214 valence electrons. The maximum absolute atomic E-state index is 13.1. The van der Waals surface area contributed by atoms with E-state index in [0.717, 1.165) is 25.7 Å². The molecule has 0 saturated carbocycles. The second-order valence-corrected chi connectivity index (χ2v) is 11.1. The monoisotopic (exact) mass is 562 g/mol. The molecule has 0 aliphatic heterocycles. The van der Waals surface area contributed by atoms with Crippen LogP contribution in [0.1, 0.15) is 57.5 Å². The van der Waals surface area contributed by atoms with Gasteiger partial charge in [0, 0.05) is 27.1 Å². The van der Waals surface area contributed by atoms with E-state index in [1.54, 1.807) is 31.6 Å². The van der Waals surface area contributed by atoms with Crippen LogP contribution in [0, 0.1) is 6.92 Å². The molecule has 0 saturated heterocycles. The molecular formula is C26H38N6O6S. The number of aryl methyl sites for hydroxylation is 2. The number of benzene rings is 1. The van der Waals surface area contributed by atoms with E-state index >= 15 is 0 Å². The summed E-state index contributed by atoms with van der Waals surface area (Å²) in [6.07, 6.45) is 4.69. The van der Waals surface area contributed by atoms with Crippen molar-refractivity contribution in [1.82, 2.24) is 29.2 Å². The predicted octanol–water partition coefficient (Wildman–Crippen LogP) is 3.28. The lowest BCUT2D eigenvalue weighted by Crippen LogP contribution is -2.27. The number of rotatable bonds is 14. The van der Waals surface area contributed by atoms with Gasteiger partial charge in [0.2, 0.25) is 10.0 Å². The average Bonchev–Trinajstić information content (AvgIpc) is 3.22. The van der Waals surface area contributed by atoms with Crippen molar-refractivity contribution in [2.75, 3.05) is 33.9 Å². The van der Waals surface area contributed by atoms with E-state index < -0.39 is 16.1 Å². The van der Waals surface area contributed by atoms with Gasteiger partial charge in [-0.05, 0) is 44.9 Å². The highest BCUT2D eigenvalue weighted by Gasteiger charge is 2.21. The van der Waals surface area contributed by atoms with E-state index in [1.807, 2.05) is 6.92 Å². The summed E-state index contributed by atoms with van der Waals surface area (Å²) in [5.41, 5.74) is 0.915. The van der Waals surface area contributed by atoms with Crippen LogP contribution in [0.25, 0.3) is 16.9 Å². The molecule has 2 N–H and O–H groups in total. The van der Waals surface area contributed by atoms with Gasteiger partial charge < -0.3 is 19.4 Å². The van der Waals surface area contributed by atoms with E-state index in [1.165, 1.54) is 17.0 Å². The maximum Gasteiger partial charge on any atom is 0.409 e. The van der Waals surface area contributed by atoms with Gasteiger partial charge in [0.05, 0.1) is 29.4 Å². The summed E-state index contributed by atoms with van der Waals surface area (Å²) in [7, 11) is -0.777. The predicted molar refractivity (Wildman–Crippen MR) is 148 cm³/mol. The van der Waals surface area contributed by atoms with Crippen LogP contribution in [-0.4, -0.2) is 72.8 Å². The highest BCUT2D eigenvalue weighted by atomic mass is 32.2. The Hall–Kier alpha value is -3.45. The SMILES string of the molecule is CCCCCCc1nc(C)c2c(=O)[nH]c(-c3cc(S(=O)(=O)NCCCOC(=O)N(C)C)ccc3OCC)nn12. The molecule has 13 heteroatoms. The summed E-state index contributed by atoms with van der Waals surface area (Å²) < 4.78 is 40.9. The fourth-order valence-corrected chi connectivity index (χ4v) is 5.12. The van der Waals surface area contributed by atoms with Gasteiger partial charge in [-0.2, -0.15) is 0 Å². The Morgan fingerprint density at radius 1 is 1.15 bits per heavy atom. The number of nitrogens with one attached hydrogen (secondary N) is 2. The summed E-state index contributed by atoms with van der Waals surface area (Å²) in [6.45, 7) is 6.21. The number of hydrogen-bond acceptors (Lipinski definition) is 8. The number of ether oxygens (including phenoxy) is 2. The second-order valence-electron chi connectivity index (χ2n) is 9.34. The number of nitrogens with zero attached hydrogens (tertiary/aromatic N) is 4. The number of hydrogen-bond donors (Lipinski definition) is 2. The fraction of sp³-hybridized carbons (Fsp3) is 0.538. The third kappa shape index (κ3) is 7.57. The van der Waals surface area contributed by atoms with Crippen LogP contribution in [-0.2, 0) is 21.2 Å². The Balaban J connectivity index is 1.91. The van der Waals surface area contributed by atoms with E-state index in [9.17, 15) is 18.0 Å². The number of carbonyl (C=O) groups is 1. The zero-order chi connectivity index (χ0) is 28.6. The van der Waals surface area contributed by atoms with Gasteiger partial charge in [-0.3, -0.25) is 4.79 Å². The third-order valence-corrected chi connectivity index (χ3v) is 7.48. The molecule has 0 fully saturated rings. The summed E-state index contributed by atoms with van der Waals surface area (Å²) in [5.74, 6) is 1.25. The highest BCUT2D eigenvalue weighted by Crippen LogP contribution is 2.30. The molecule has 3 aromatic rings. The molecule has 3 rings (SSSR count). The van der Waals surface area contributed by atoms with Gasteiger partial charge in [-0.25, -0.2) is 27.4 Å². The molecule has 1 amide bonds. The van der Waals surface area contributed by atoms with Crippen molar-refractivity contribution >= 4 is 21.6 Å². The molecule has 1 aromatic carbocycles. The molecule has 0 atom stereocenters. The fourth-order valence-electron chi connectivity index (χ4n) is 4.02. The average molecular weight is 563 g/mol. The Kier molecular flexibility index (Phi) is 10.5. The van der Waals surface area contributed by atoms with Gasteiger partial charge in [0.15, 0.2) is 11.3 Å². The molecular weight excluding hydrogens is 524 g/mol. The van der Waals surface area contributed by atoms with Gasteiger partial charge in [0.1, 0.15) is 11.6 Å². The van der Waals surface area contributed by atoms with Gasteiger partial charge >= 0.3 is 6.09 Å². The van der Waals surface area contributed by atoms with Crippen LogP contribution in [0.5, 0.6) is 5.75 Å².